The molecule has 0 spiro atoms. The number of nitrogens with one attached hydrogen (secondary N) is 1. The van der Waals surface area contributed by atoms with Gasteiger partial charge >= 0.3 is 0 Å². The number of hydrogen-bond acceptors (Lipinski definition) is 1. The molecule has 1 N–H and O–H groups in total. The van der Waals surface area contributed by atoms with E-state index in [9.17, 15) is 4.79 Å². The van der Waals surface area contributed by atoms with Crippen molar-refractivity contribution in [2.75, 3.05) is 6.54 Å². The predicted octanol–water partition coefficient (Wildman–Crippen LogP) is 3.30. The SMILES string of the molecule is C=CCCNC(=O)c1ccc(Cl)c(Cl)c1. The van der Waals surface area contributed by atoms with Crippen molar-refractivity contribution in [3.63, 3.8) is 0 Å². The molecule has 0 aromatic heterocycles. The van der Waals surface area contributed by atoms with Crippen LogP contribution in [0, 0.1) is 0 Å². The molecule has 15 heavy (non-hydrogen) atoms. The summed E-state index contributed by atoms with van der Waals surface area (Å²) in [6.07, 6.45) is 2.49. The molecule has 0 aliphatic heterocycles. The number of rotatable bonds is 4. The maximum absolute atomic E-state index is 11.5. The maximum atomic E-state index is 11.5. The van der Waals surface area contributed by atoms with Gasteiger partial charge in [0.05, 0.1) is 10.0 Å². The maximum Gasteiger partial charge on any atom is 0.251 e. The molecule has 0 aliphatic rings. The van der Waals surface area contributed by atoms with Gasteiger partial charge in [-0.05, 0) is 24.6 Å². The first-order valence-electron chi connectivity index (χ1n) is 4.49. The van der Waals surface area contributed by atoms with Crippen LogP contribution in [0.25, 0.3) is 0 Å². The zero-order valence-corrected chi connectivity index (χ0v) is 9.61. The third-order valence-electron chi connectivity index (χ3n) is 1.82. The minimum atomic E-state index is -0.157. The summed E-state index contributed by atoms with van der Waals surface area (Å²) in [6.45, 7) is 4.14. The predicted molar refractivity (Wildman–Crippen MR) is 63.6 cm³/mol. The van der Waals surface area contributed by atoms with E-state index in [-0.39, 0.29) is 5.91 Å². The lowest BCUT2D eigenvalue weighted by atomic mass is 10.2. The van der Waals surface area contributed by atoms with Gasteiger partial charge in [-0.3, -0.25) is 4.79 Å². The third kappa shape index (κ3) is 3.57. The molecule has 1 aromatic carbocycles. The van der Waals surface area contributed by atoms with Crippen LogP contribution < -0.4 is 5.32 Å². The van der Waals surface area contributed by atoms with E-state index in [4.69, 9.17) is 23.2 Å². The molecule has 0 atom stereocenters. The topological polar surface area (TPSA) is 29.1 Å². The number of halogens is 2. The highest BCUT2D eigenvalue weighted by atomic mass is 35.5. The smallest absolute Gasteiger partial charge is 0.251 e. The zero-order chi connectivity index (χ0) is 11.3. The van der Waals surface area contributed by atoms with Crippen LogP contribution in [0.15, 0.2) is 30.9 Å². The molecule has 1 aromatic rings. The number of hydrogen-bond donors (Lipinski definition) is 1. The molecule has 2 nitrogen and oxygen atoms in total. The summed E-state index contributed by atoms with van der Waals surface area (Å²) in [7, 11) is 0. The van der Waals surface area contributed by atoms with E-state index in [0.29, 0.717) is 22.2 Å². The summed E-state index contributed by atoms with van der Waals surface area (Å²) < 4.78 is 0. The van der Waals surface area contributed by atoms with Gasteiger partial charge in [-0.2, -0.15) is 0 Å². The summed E-state index contributed by atoms with van der Waals surface area (Å²) in [5, 5.41) is 3.56. The monoisotopic (exact) mass is 243 g/mol. The minimum Gasteiger partial charge on any atom is -0.352 e. The van der Waals surface area contributed by atoms with Crippen molar-refractivity contribution in [1.29, 1.82) is 0 Å². The second-order valence-electron chi connectivity index (χ2n) is 2.96. The zero-order valence-electron chi connectivity index (χ0n) is 8.09. The van der Waals surface area contributed by atoms with Crippen molar-refractivity contribution in [2.24, 2.45) is 0 Å². The second-order valence-corrected chi connectivity index (χ2v) is 3.78. The van der Waals surface area contributed by atoms with Gasteiger partial charge in [-0.15, -0.1) is 6.58 Å². The average molecular weight is 244 g/mol. The summed E-state index contributed by atoms with van der Waals surface area (Å²) in [5.74, 6) is -0.157. The van der Waals surface area contributed by atoms with Crippen LogP contribution in [0.3, 0.4) is 0 Å². The average Bonchev–Trinajstić information content (AvgIpc) is 2.22. The lowest BCUT2D eigenvalue weighted by Crippen LogP contribution is -2.23. The summed E-state index contributed by atoms with van der Waals surface area (Å²) >= 11 is 11.5. The van der Waals surface area contributed by atoms with Crippen molar-refractivity contribution in [3.05, 3.63) is 46.5 Å². The first-order chi connectivity index (χ1) is 7.15. The van der Waals surface area contributed by atoms with Gasteiger partial charge in [-0.1, -0.05) is 29.3 Å². The van der Waals surface area contributed by atoms with Crippen LogP contribution in [-0.2, 0) is 0 Å². The molecule has 0 saturated heterocycles. The third-order valence-corrected chi connectivity index (χ3v) is 2.55. The Bertz CT molecular complexity index is 377. The Labute approximate surface area is 98.9 Å². The van der Waals surface area contributed by atoms with Gasteiger partial charge in [-0.25, -0.2) is 0 Å². The van der Waals surface area contributed by atoms with E-state index >= 15 is 0 Å². The Morgan fingerprint density at radius 1 is 1.40 bits per heavy atom. The van der Waals surface area contributed by atoms with Gasteiger partial charge in [0.2, 0.25) is 0 Å². The van der Waals surface area contributed by atoms with Gasteiger partial charge < -0.3 is 5.32 Å². The normalized spacial score (nSPS) is 9.73. The van der Waals surface area contributed by atoms with E-state index in [1.807, 2.05) is 0 Å². The molecular weight excluding hydrogens is 233 g/mol. The molecule has 0 bridgehead atoms. The molecule has 0 saturated carbocycles. The molecule has 1 amide bonds. The molecule has 0 radical (unpaired) electrons. The minimum absolute atomic E-state index is 0.157. The Kier molecular flexibility index (Phi) is 4.66. The quantitative estimate of drug-likeness (QED) is 0.639. The van der Waals surface area contributed by atoms with Crippen LogP contribution in [0.2, 0.25) is 10.0 Å². The van der Waals surface area contributed by atoms with E-state index in [1.165, 1.54) is 0 Å². The molecular formula is C11H11Cl2NO. The number of benzene rings is 1. The largest absolute Gasteiger partial charge is 0.352 e. The highest BCUT2D eigenvalue weighted by molar-refractivity contribution is 6.42. The Hall–Kier alpha value is -0.990. The van der Waals surface area contributed by atoms with Crippen LogP contribution >= 0.6 is 23.2 Å². The number of amides is 1. The lowest BCUT2D eigenvalue weighted by Gasteiger charge is -2.04. The van der Waals surface area contributed by atoms with Crippen LogP contribution in [0.4, 0.5) is 0 Å². The molecule has 0 unspecified atom stereocenters. The highest BCUT2D eigenvalue weighted by Crippen LogP contribution is 2.22. The fraction of sp³-hybridized carbons (Fsp3) is 0.182. The van der Waals surface area contributed by atoms with Crippen molar-refractivity contribution in [2.45, 2.75) is 6.42 Å². The first kappa shape index (κ1) is 12.1. The van der Waals surface area contributed by atoms with E-state index in [2.05, 4.69) is 11.9 Å². The Balaban J connectivity index is 2.65. The van der Waals surface area contributed by atoms with Crippen LogP contribution in [0.5, 0.6) is 0 Å². The highest BCUT2D eigenvalue weighted by Gasteiger charge is 2.06. The van der Waals surface area contributed by atoms with E-state index < -0.39 is 0 Å². The molecule has 80 valence electrons. The first-order valence-corrected chi connectivity index (χ1v) is 5.25. The van der Waals surface area contributed by atoms with E-state index in [0.717, 1.165) is 6.42 Å². The van der Waals surface area contributed by atoms with Crippen molar-refractivity contribution in [3.8, 4) is 0 Å². The van der Waals surface area contributed by atoms with Gasteiger partial charge in [0.25, 0.3) is 5.91 Å². The lowest BCUT2D eigenvalue weighted by molar-refractivity contribution is 0.0954. The fourth-order valence-corrected chi connectivity index (χ4v) is 1.33. The van der Waals surface area contributed by atoms with Crippen LogP contribution in [0.1, 0.15) is 16.8 Å². The molecule has 0 heterocycles. The molecule has 1 rings (SSSR count). The van der Waals surface area contributed by atoms with Crippen molar-refractivity contribution < 1.29 is 4.79 Å². The molecule has 0 aliphatic carbocycles. The van der Waals surface area contributed by atoms with Gasteiger partial charge in [0.1, 0.15) is 0 Å². The van der Waals surface area contributed by atoms with Crippen molar-refractivity contribution >= 4 is 29.1 Å². The summed E-state index contributed by atoms with van der Waals surface area (Å²) in [6, 6.07) is 4.79. The Morgan fingerprint density at radius 2 is 2.13 bits per heavy atom. The standard InChI is InChI=1S/C11H11Cl2NO/c1-2-3-6-14-11(15)8-4-5-9(12)10(13)7-8/h2,4-5,7H,1,3,6H2,(H,14,15). The fourth-order valence-electron chi connectivity index (χ4n) is 1.03. The number of carbonyl (C=O) groups excluding carboxylic acids is 1. The van der Waals surface area contributed by atoms with Crippen LogP contribution in [-0.4, -0.2) is 12.5 Å². The number of carbonyl (C=O) groups is 1. The van der Waals surface area contributed by atoms with E-state index in [1.54, 1.807) is 24.3 Å². The van der Waals surface area contributed by atoms with Crippen molar-refractivity contribution in [1.82, 2.24) is 5.32 Å². The summed E-state index contributed by atoms with van der Waals surface area (Å²) in [5.41, 5.74) is 0.508. The van der Waals surface area contributed by atoms with Gasteiger partial charge in [0.15, 0.2) is 0 Å². The second kappa shape index (κ2) is 5.79. The molecule has 4 heteroatoms. The Morgan fingerprint density at radius 3 is 2.73 bits per heavy atom. The van der Waals surface area contributed by atoms with Gasteiger partial charge in [0, 0.05) is 12.1 Å². The molecule has 0 fully saturated rings. The summed E-state index contributed by atoms with van der Waals surface area (Å²) in [4.78, 5) is 11.5.